The van der Waals surface area contributed by atoms with E-state index in [0.717, 1.165) is 22.6 Å². The molecule has 2 amide bonds. The fourth-order valence-corrected chi connectivity index (χ4v) is 3.37. The number of hydrogen-bond donors (Lipinski definition) is 2. The van der Waals surface area contributed by atoms with Gasteiger partial charge in [0.1, 0.15) is 0 Å². The maximum absolute atomic E-state index is 12.3. The Morgan fingerprint density at radius 2 is 1.76 bits per heavy atom. The van der Waals surface area contributed by atoms with Crippen molar-refractivity contribution < 1.29 is 14.3 Å². The molecule has 0 spiro atoms. The number of nitrogens with zero attached hydrogens (tertiary/aromatic N) is 1. The molecule has 0 saturated carbocycles. The molecule has 0 unspecified atom stereocenters. The number of urea groups is 1. The summed E-state index contributed by atoms with van der Waals surface area (Å²) in [5, 5.41) is 5.62. The third-order valence-corrected chi connectivity index (χ3v) is 4.78. The van der Waals surface area contributed by atoms with E-state index >= 15 is 0 Å². The Bertz CT molecular complexity index is 1050. The Morgan fingerprint density at radius 1 is 1.00 bits per heavy atom. The van der Waals surface area contributed by atoms with Crippen molar-refractivity contribution in [3.8, 4) is 5.69 Å². The summed E-state index contributed by atoms with van der Waals surface area (Å²) >= 11 is 0. The number of benzene rings is 2. The van der Waals surface area contributed by atoms with Gasteiger partial charge in [0.15, 0.2) is 0 Å². The van der Waals surface area contributed by atoms with Gasteiger partial charge < -0.3 is 19.9 Å². The fraction of sp³-hybridized carbons (Fsp3) is 0.217. The molecule has 3 rings (SSSR count). The van der Waals surface area contributed by atoms with Crippen molar-refractivity contribution in [3.05, 3.63) is 82.7 Å². The van der Waals surface area contributed by atoms with E-state index in [4.69, 9.17) is 4.74 Å². The van der Waals surface area contributed by atoms with Gasteiger partial charge in [-0.25, -0.2) is 9.59 Å². The summed E-state index contributed by atoms with van der Waals surface area (Å²) in [5.74, 6) is -0.447. The highest BCUT2D eigenvalue weighted by atomic mass is 16.5. The summed E-state index contributed by atoms with van der Waals surface area (Å²) in [5.41, 5.74) is 6.45. The van der Waals surface area contributed by atoms with Crippen molar-refractivity contribution in [2.24, 2.45) is 0 Å². The van der Waals surface area contributed by atoms with Crippen LogP contribution in [0.2, 0.25) is 0 Å². The zero-order valence-electron chi connectivity index (χ0n) is 17.1. The summed E-state index contributed by atoms with van der Waals surface area (Å²) in [6.45, 7) is 6.56. The fourth-order valence-electron chi connectivity index (χ4n) is 3.37. The van der Waals surface area contributed by atoms with Crippen LogP contribution < -0.4 is 10.6 Å². The van der Waals surface area contributed by atoms with Gasteiger partial charge in [0.25, 0.3) is 0 Å². The monoisotopic (exact) mass is 391 g/mol. The molecule has 150 valence electrons. The summed E-state index contributed by atoms with van der Waals surface area (Å²) in [6, 6.07) is 16.7. The van der Waals surface area contributed by atoms with E-state index in [0.29, 0.717) is 17.8 Å². The Morgan fingerprint density at radius 3 is 2.48 bits per heavy atom. The number of esters is 1. The van der Waals surface area contributed by atoms with E-state index < -0.39 is 5.97 Å². The number of hydrogen-bond acceptors (Lipinski definition) is 3. The van der Waals surface area contributed by atoms with E-state index in [1.807, 2.05) is 13.0 Å². The average molecular weight is 391 g/mol. The number of anilines is 1. The van der Waals surface area contributed by atoms with E-state index in [9.17, 15) is 9.59 Å². The number of aryl methyl sites for hydroxylation is 2. The number of aromatic nitrogens is 1. The van der Waals surface area contributed by atoms with Crippen LogP contribution in [-0.2, 0) is 11.3 Å². The maximum Gasteiger partial charge on any atom is 0.337 e. The Labute approximate surface area is 170 Å². The molecule has 0 aliphatic rings. The van der Waals surface area contributed by atoms with E-state index in [2.05, 4.69) is 53.3 Å². The lowest BCUT2D eigenvalue weighted by molar-refractivity contribution is 0.0600. The first kappa shape index (κ1) is 20.2. The number of ether oxygens (including phenoxy) is 1. The predicted molar refractivity (Wildman–Crippen MR) is 114 cm³/mol. The van der Waals surface area contributed by atoms with Crippen molar-refractivity contribution >= 4 is 17.7 Å². The highest BCUT2D eigenvalue weighted by Gasteiger charge is 2.12. The van der Waals surface area contributed by atoms with Gasteiger partial charge in [-0.1, -0.05) is 18.2 Å². The predicted octanol–water partition coefficient (Wildman–Crippen LogP) is 4.51. The van der Waals surface area contributed by atoms with Gasteiger partial charge in [-0.3, -0.25) is 0 Å². The minimum absolute atomic E-state index is 0.340. The zero-order valence-corrected chi connectivity index (χ0v) is 17.1. The van der Waals surface area contributed by atoms with Gasteiger partial charge in [-0.05, 0) is 68.3 Å². The lowest BCUT2D eigenvalue weighted by atomic mass is 10.2. The molecule has 29 heavy (non-hydrogen) atoms. The first-order chi connectivity index (χ1) is 13.9. The second-order valence-corrected chi connectivity index (χ2v) is 6.95. The topological polar surface area (TPSA) is 72.4 Å². The van der Waals surface area contributed by atoms with Crippen molar-refractivity contribution in [1.82, 2.24) is 9.88 Å². The summed E-state index contributed by atoms with van der Waals surface area (Å²) in [6.07, 6.45) is 0. The molecule has 3 aromatic rings. The third-order valence-electron chi connectivity index (χ3n) is 4.78. The summed E-state index contributed by atoms with van der Waals surface area (Å²) in [4.78, 5) is 23.9. The second kappa shape index (κ2) is 8.65. The van der Waals surface area contributed by atoms with Crippen molar-refractivity contribution in [2.45, 2.75) is 27.3 Å². The summed E-state index contributed by atoms with van der Waals surface area (Å²) in [7, 11) is 1.32. The second-order valence-electron chi connectivity index (χ2n) is 6.95. The number of methoxy groups -OCH3 is 1. The van der Waals surface area contributed by atoms with Crippen molar-refractivity contribution in [3.63, 3.8) is 0 Å². The summed E-state index contributed by atoms with van der Waals surface area (Å²) < 4.78 is 6.88. The average Bonchev–Trinajstić information content (AvgIpc) is 2.99. The largest absolute Gasteiger partial charge is 0.465 e. The first-order valence-corrected chi connectivity index (χ1v) is 9.37. The normalized spacial score (nSPS) is 10.5. The van der Waals surface area contributed by atoms with Gasteiger partial charge in [-0.2, -0.15) is 0 Å². The van der Waals surface area contributed by atoms with Crippen LogP contribution in [0.15, 0.2) is 54.6 Å². The third kappa shape index (κ3) is 4.66. The standard InChI is InChI=1S/C23H25N3O3/c1-15-7-5-10-21(11-15)26-16(2)12-19(17(26)3)14-24-23(28)25-20-9-6-8-18(13-20)22(27)29-4/h5-13H,14H2,1-4H3,(H2,24,25,28). The smallest absolute Gasteiger partial charge is 0.337 e. The van der Waals surface area contributed by atoms with Crippen molar-refractivity contribution in [2.75, 3.05) is 12.4 Å². The van der Waals surface area contributed by atoms with Gasteiger partial charge >= 0.3 is 12.0 Å². The van der Waals surface area contributed by atoms with E-state index in [-0.39, 0.29) is 6.03 Å². The molecule has 6 nitrogen and oxygen atoms in total. The molecule has 1 heterocycles. The molecule has 0 fully saturated rings. The van der Waals surface area contributed by atoms with Gasteiger partial charge in [0, 0.05) is 29.3 Å². The highest BCUT2D eigenvalue weighted by Crippen LogP contribution is 2.21. The number of amides is 2. The molecule has 0 saturated heterocycles. The van der Waals surface area contributed by atoms with Crippen LogP contribution in [0.5, 0.6) is 0 Å². The van der Waals surface area contributed by atoms with Gasteiger partial charge in [-0.15, -0.1) is 0 Å². The number of rotatable bonds is 5. The number of carbonyl (C=O) groups is 2. The Balaban J connectivity index is 1.68. The van der Waals surface area contributed by atoms with Gasteiger partial charge in [0.2, 0.25) is 0 Å². The molecular formula is C23H25N3O3. The molecule has 0 atom stereocenters. The lowest BCUT2D eigenvalue weighted by Crippen LogP contribution is -2.28. The van der Waals surface area contributed by atoms with Crippen LogP contribution in [0.3, 0.4) is 0 Å². The molecule has 0 radical (unpaired) electrons. The first-order valence-electron chi connectivity index (χ1n) is 9.37. The van der Waals surface area contributed by atoms with Crippen LogP contribution in [0.25, 0.3) is 5.69 Å². The number of carbonyl (C=O) groups excluding carboxylic acids is 2. The van der Waals surface area contributed by atoms with E-state index in [1.54, 1.807) is 24.3 Å². The quantitative estimate of drug-likeness (QED) is 0.629. The van der Waals surface area contributed by atoms with Crippen LogP contribution >= 0.6 is 0 Å². The molecule has 2 aromatic carbocycles. The highest BCUT2D eigenvalue weighted by molar-refractivity contribution is 5.93. The minimum atomic E-state index is -0.447. The molecule has 1 aromatic heterocycles. The minimum Gasteiger partial charge on any atom is -0.465 e. The van der Waals surface area contributed by atoms with E-state index in [1.165, 1.54) is 12.7 Å². The van der Waals surface area contributed by atoms with Crippen molar-refractivity contribution in [1.29, 1.82) is 0 Å². The molecule has 2 N–H and O–H groups in total. The molecule has 0 aliphatic heterocycles. The molecule has 0 bridgehead atoms. The lowest BCUT2D eigenvalue weighted by Gasteiger charge is -2.11. The Hall–Kier alpha value is -3.54. The van der Waals surface area contributed by atoms with Crippen LogP contribution in [0.1, 0.15) is 32.9 Å². The molecule has 0 aliphatic carbocycles. The molecule has 6 heteroatoms. The SMILES string of the molecule is COC(=O)c1cccc(NC(=O)NCc2cc(C)n(-c3cccc(C)c3)c2C)c1. The maximum atomic E-state index is 12.3. The molecular weight excluding hydrogens is 366 g/mol. The van der Waals surface area contributed by atoms with Crippen LogP contribution in [0, 0.1) is 20.8 Å². The Kier molecular flexibility index (Phi) is 6.02. The van der Waals surface area contributed by atoms with Crippen LogP contribution in [0.4, 0.5) is 10.5 Å². The van der Waals surface area contributed by atoms with Crippen LogP contribution in [-0.4, -0.2) is 23.7 Å². The zero-order chi connectivity index (χ0) is 21.0. The number of nitrogens with one attached hydrogen (secondary N) is 2. The van der Waals surface area contributed by atoms with Gasteiger partial charge in [0.05, 0.1) is 12.7 Å².